The Balaban J connectivity index is 1.61. The first-order valence-electron chi connectivity index (χ1n) is 7.80. The van der Waals surface area contributed by atoms with Gasteiger partial charge in [0.1, 0.15) is 5.52 Å². The summed E-state index contributed by atoms with van der Waals surface area (Å²) in [4.78, 5) is 29.0. The van der Waals surface area contributed by atoms with Crippen LogP contribution in [0.5, 0.6) is 0 Å². The number of hydrogen-bond acceptors (Lipinski definition) is 5. The molecule has 1 amide bonds. The van der Waals surface area contributed by atoms with Gasteiger partial charge in [-0.25, -0.2) is 4.98 Å². The molecule has 0 aliphatic carbocycles. The van der Waals surface area contributed by atoms with Crippen LogP contribution < -0.4 is 5.32 Å². The molecule has 0 radical (unpaired) electrons. The van der Waals surface area contributed by atoms with Crippen LogP contribution in [-0.4, -0.2) is 16.7 Å². The molecule has 0 aliphatic heterocycles. The number of aromatic nitrogens is 1. The lowest BCUT2D eigenvalue weighted by atomic mass is 10.2. The van der Waals surface area contributed by atoms with Crippen molar-refractivity contribution >= 4 is 39.8 Å². The van der Waals surface area contributed by atoms with Crippen molar-refractivity contribution in [1.29, 1.82) is 0 Å². The highest BCUT2D eigenvalue weighted by Gasteiger charge is 2.12. The Bertz CT molecular complexity index is 866. The van der Waals surface area contributed by atoms with Crippen LogP contribution in [0, 0.1) is 0 Å². The lowest BCUT2D eigenvalue weighted by Gasteiger charge is -2.04. The van der Waals surface area contributed by atoms with Gasteiger partial charge in [-0.05, 0) is 29.6 Å². The molecule has 124 valence electrons. The minimum Gasteiger partial charge on any atom is -0.440 e. The van der Waals surface area contributed by atoms with E-state index < -0.39 is 0 Å². The minimum atomic E-state index is -0.188. The molecule has 0 bridgehead atoms. The van der Waals surface area contributed by atoms with E-state index in [0.717, 1.165) is 0 Å². The molecule has 2 heterocycles. The summed E-state index contributed by atoms with van der Waals surface area (Å²) < 4.78 is 5.64. The van der Waals surface area contributed by atoms with Gasteiger partial charge in [0.25, 0.3) is 0 Å². The molecular weight excluding hydrogens is 324 g/mol. The Morgan fingerprint density at radius 3 is 2.79 bits per heavy atom. The van der Waals surface area contributed by atoms with Gasteiger partial charge in [-0.3, -0.25) is 9.59 Å². The molecule has 0 saturated carbocycles. The molecule has 24 heavy (non-hydrogen) atoms. The lowest BCUT2D eigenvalue weighted by Crippen LogP contribution is -2.13. The van der Waals surface area contributed by atoms with E-state index in [1.54, 1.807) is 24.3 Å². The average Bonchev–Trinajstić information content (AvgIpc) is 3.21. The molecule has 0 spiro atoms. The van der Waals surface area contributed by atoms with Gasteiger partial charge in [0.15, 0.2) is 17.3 Å². The molecule has 0 atom stereocenters. The van der Waals surface area contributed by atoms with Gasteiger partial charge in [0.05, 0.1) is 4.88 Å². The number of anilines is 1. The van der Waals surface area contributed by atoms with Gasteiger partial charge in [-0.15, -0.1) is 11.3 Å². The smallest absolute Gasteiger partial charge is 0.224 e. The monoisotopic (exact) mass is 342 g/mol. The molecule has 2 aromatic heterocycles. The number of carbonyl (C=O) groups excluding carboxylic acids is 2. The van der Waals surface area contributed by atoms with Crippen molar-refractivity contribution in [2.75, 3.05) is 5.32 Å². The normalized spacial score (nSPS) is 11.1. The van der Waals surface area contributed by atoms with E-state index in [-0.39, 0.29) is 30.4 Å². The number of ketones is 1. The Labute approximate surface area is 143 Å². The molecule has 0 fully saturated rings. The Morgan fingerprint density at radius 2 is 2.08 bits per heavy atom. The van der Waals surface area contributed by atoms with Crippen LogP contribution in [0.25, 0.3) is 11.1 Å². The van der Waals surface area contributed by atoms with Gasteiger partial charge in [-0.1, -0.05) is 19.9 Å². The van der Waals surface area contributed by atoms with Crippen molar-refractivity contribution in [2.24, 2.45) is 0 Å². The summed E-state index contributed by atoms with van der Waals surface area (Å²) in [6.45, 7) is 4.02. The molecule has 0 saturated heterocycles. The number of oxazole rings is 1. The Hall–Kier alpha value is -2.47. The van der Waals surface area contributed by atoms with Crippen LogP contribution in [0.1, 0.15) is 48.2 Å². The first-order chi connectivity index (χ1) is 11.5. The van der Waals surface area contributed by atoms with Crippen molar-refractivity contribution in [3.05, 3.63) is 46.5 Å². The molecule has 0 unspecified atom stereocenters. The van der Waals surface area contributed by atoms with E-state index >= 15 is 0 Å². The van der Waals surface area contributed by atoms with Crippen LogP contribution >= 0.6 is 11.3 Å². The average molecular weight is 342 g/mol. The number of carbonyl (C=O) groups is 2. The maximum absolute atomic E-state index is 12.0. The van der Waals surface area contributed by atoms with Crippen LogP contribution in [0.3, 0.4) is 0 Å². The largest absolute Gasteiger partial charge is 0.440 e. The summed E-state index contributed by atoms with van der Waals surface area (Å²) in [6, 6.07) is 8.95. The van der Waals surface area contributed by atoms with Gasteiger partial charge in [0.2, 0.25) is 5.91 Å². The fourth-order valence-electron chi connectivity index (χ4n) is 2.28. The van der Waals surface area contributed by atoms with E-state index in [1.165, 1.54) is 11.3 Å². The molecule has 0 aliphatic rings. The first-order valence-corrected chi connectivity index (χ1v) is 8.68. The van der Waals surface area contributed by atoms with Crippen molar-refractivity contribution in [1.82, 2.24) is 4.98 Å². The van der Waals surface area contributed by atoms with E-state index in [1.807, 2.05) is 25.3 Å². The predicted molar refractivity (Wildman–Crippen MR) is 94.6 cm³/mol. The molecule has 1 aromatic carbocycles. The van der Waals surface area contributed by atoms with Crippen molar-refractivity contribution in [3.63, 3.8) is 0 Å². The molecule has 6 heteroatoms. The number of nitrogens with one attached hydrogen (secondary N) is 1. The number of nitrogens with zero attached hydrogens (tertiary/aromatic N) is 1. The van der Waals surface area contributed by atoms with Crippen LogP contribution in [0.15, 0.2) is 40.1 Å². The van der Waals surface area contributed by atoms with Gasteiger partial charge >= 0.3 is 0 Å². The molecular formula is C18H18N2O3S. The zero-order valence-electron chi connectivity index (χ0n) is 13.5. The standard InChI is InChI=1S/C18H18N2O3S/c1-11(2)18-20-13-10-12(5-7-15(13)23-18)19-17(22)8-6-14(21)16-4-3-9-24-16/h3-5,7,9-11H,6,8H2,1-2H3,(H,19,22). The second kappa shape index (κ2) is 6.97. The number of Topliss-reactive ketones (excluding diaryl/α,β-unsaturated/α-hetero) is 1. The number of hydrogen-bond donors (Lipinski definition) is 1. The third-order valence-electron chi connectivity index (χ3n) is 3.56. The SMILES string of the molecule is CC(C)c1nc2cc(NC(=O)CCC(=O)c3cccs3)ccc2o1. The van der Waals surface area contributed by atoms with Gasteiger partial charge in [-0.2, -0.15) is 0 Å². The van der Waals surface area contributed by atoms with Gasteiger partial charge in [0, 0.05) is 24.4 Å². The second-order valence-corrected chi connectivity index (χ2v) is 6.79. The minimum absolute atomic E-state index is 0.00585. The van der Waals surface area contributed by atoms with Crippen LogP contribution in [0.4, 0.5) is 5.69 Å². The van der Waals surface area contributed by atoms with Crippen molar-refractivity contribution in [3.8, 4) is 0 Å². The fraction of sp³-hybridized carbons (Fsp3) is 0.278. The molecule has 3 rings (SSSR count). The second-order valence-electron chi connectivity index (χ2n) is 5.84. The van der Waals surface area contributed by atoms with E-state index in [2.05, 4.69) is 10.3 Å². The number of benzene rings is 1. The molecule has 3 aromatic rings. The number of fused-ring (bicyclic) bond motifs is 1. The molecule has 1 N–H and O–H groups in total. The lowest BCUT2D eigenvalue weighted by molar-refractivity contribution is -0.116. The first kappa shape index (κ1) is 16.4. The summed E-state index contributed by atoms with van der Waals surface area (Å²) in [5.74, 6) is 0.689. The quantitative estimate of drug-likeness (QED) is 0.664. The topological polar surface area (TPSA) is 72.2 Å². The maximum atomic E-state index is 12.0. The van der Waals surface area contributed by atoms with Crippen LogP contribution in [0.2, 0.25) is 0 Å². The maximum Gasteiger partial charge on any atom is 0.224 e. The summed E-state index contributed by atoms with van der Waals surface area (Å²) in [7, 11) is 0. The van der Waals surface area contributed by atoms with Crippen LogP contribution in [-0.2, 0) is 4.79 Å². The fourth-order valence-corrected chi connectivity index (χ4v) is 2.98. The Kier molecular flexibility index (Phi) is 4.76. The van der Waals surface area contributed by atoms with E-state index in [4.69, 9.17) is 4.42 Å². The number of thiophene rings is 1. The summed E-state index contributed by atoms with van der Waals surface area (Å²) >= 11 is 1.39. The number of rotatable bonds is 6. The highest BCUT2D eigenvalue weighted by molar-refractivity contribution is 7.12. The zero-order chi connectivity index (χ0) is 17.1. The highest BCUT2D eigenvalue weighted by Crippen LogP contribution is 2.24. The Morgan fingerprint density at radius 1 is 1.25 bits per heavy atom. The zero-order valence-corrected chi connectivity index (χ0v) is 14.4. The van der Waals surface area contributed by atoms with E-state index in [0.29, 0.717) is 27.6 Å². The third kappa shape index (κ3) is 3.71. The third-order valence-corrected chi connectivity index (χ3v) is 4.47. The number of amides is 1. The summed E-state index contributed by atoms with van der Waals surface area (Å²) in [5.41, 5.74) is 2.07. The van der Waals surface area contributed by atoms with Crippen molar-refractivity contribution < 1.29 is 14.0 Å². The highest BCUT2D eigenvalue weighted by atomic mass is 32.1. The predicted octanol–water partition coefficient (Wildman–Crippen LogP) is 4.61. The summed E-state index contributed by atoms with van der Waals surface area (Å²) in [6.07, 6.45) is 0.362. The van der Waals surface area contributed by atoms with Gasteiger partial charge < -0.3 is 9.73 Å². The molecule has 5 nitrogen and oxygen atoms in total. The summed E-state index contributed by atoms with van der Waals surface area (Å²) in [5, 5.41) is 4.66. The van der Waals surface area contributed by atoms with E-state index in [9.17, 15) is 9.59 Å². The van der Waals surface area contributed by atoms with Crippen molar-refractivity contribution in [2.45, 2.75) is 32.6 Å².